The molecule has 0 heterocycles. The zero-order valence-corrected chi connectivity index (χ0v) is 14.3. The Kier molecular flexibility index (Phi) is 5.38. The van der Waals surface area contributed by atoms with E-state index >= 15 is 0 Å². The molecule has 0 aromatic heterocycles. The van der Waals surface area contributed by atoms with Crippen molar-refractivity contribution in [3.63, 3.8) is 0 Å². The molecule has 0 aliphatic rings. The minimum Gasteiger partial charge on any atom is -0.479 e. The largest absolute Gasteiger partial charge is 0.479 e. The van der Waals surface area contributed by atoms with Crippen LogP contribution in [-0.2, 0) is 4.79 Å². The number of aliphatic carboxylic acids is 1. The van der Waals surface area contributed by atoms with E-state index in [0.29, 0.717) is 30.8 Å². The van der Waals surface area contributed by atoms with Crippen molar-refractivity contribution in [3.8, 4) is 0 Å². The lowest BCUT2D eigenvalue weighted by Crippen LogP contribution is -2.20. The summed E-state index contributed by atoms with van der Waals surface area (Å²) in [5.41, 5.74) is 1.12. The number of rotatable bonds is 4. The van der Waals surface area contributed by atoms with Crippen molar-refractivity contribution < 1.29 is 9.90 Å². The first-order valence-corrected chi connectivity index (χ1v) is 7.70. The summed E-state index contributed by atoms with van der Waals surface area (Å²) in [4.78, 5) is 11.5. The Labute approximate surface area is 145 Å². The van der Waals surface area contributed by atoms with Gasteiger partial charge in [0.05, 0.1) is 15.1 Å². The molecule has 0 spiro atoms. The molecule has 0 amide bonds. The zero-order chi connectivity index (χ0) is 15.6. The van der Waals surface area contributed by atoms with Crippen LogP contribution >= 0.6 is 50.7 Å². The van der Waals surface area contributed by atoms with Gasteiger partial charge >= 0.3 is 5.97 Å². The molecule has 0 saturated carbocycles. The first-order valence-electron chi connectivity index (χ1n) is 5.78. The van der Waals surface area contributed by atoms with Crippen molar-refractivity contribution in [1.29, 1.82) is 0 Å². The third-order valence-corrected chi connectivity index (χ3v) is 4.71. The Balaban J connectivity index is 2.32. The molecule has 0 bridgehead atoms. The average molecular weight is 409 g/mol. The van der Waals surface area contributed by atoms with Gasteiger partial charge in [0.2, 0.25) is 0 Å². The molecular formula is C14H9BrCl3NO2. The van der Waals surface area contributed by atoms with Crippen molar-refractivity contribution in [1.82, 2.24) is 0 Å². The van der Waals surface area contributed by atoms with E-state index in [9.17, 15) is 9.90 Å². The summed E-state index contributed by atoms with van der Waals surface area (Å²) in [5, 5.41) is 13.5. The normalized spacial score (nSPS) is 12.0. The van der Waals surface area contributed by atoms with Crippen LogP contribution in [0, 0.1) is 0 Å². The average Bonchev–Trinajstić information content (AvgIpc) is 2.43. The predicted molar refractivity (Wildman–Crippen MR) is 89.6 cm³/mol. The summed E-state index contributed by atoms with van der Waals surface area (Å²) >= 11 is 21.0. The minimum atomic E-state index is -1.03. The molecule has 21 heavy (non-hydrogen) atoms. The first kappa shape index (κ1) is 16.4. The van der Waals surface area contributed by atoms with Gasteiger partial charge in [-0.05, 0) is 51.8 Å². The maximum Gasteiger partial charge on any atom is 0.330 e. The fourth-order valence-electron chi connectivity index (χ4n) is 1.73. The van der Waals surface area contributed by atoms with Crippen LogP contribution in [0.15, 0.2) is 40.9 Å². The number of nitrogens with one attached hydrogen (secondary N) is 1. The Morgan fingerprint density at radius 3 is 2.29 bits per heavy atom. The summed E-state index contributed by atoms with van der Waals surface area (Å²) < 4.78 is 0.674. The van der Waals surface area contributed by atoms with Crippen molar-refractivity contribution in [2.24, 2.45) is 0 Å². The molecule has 0 fully saturated rings. The molecule has 2 N–H and O–H groups in total. The van der Waals surface area contributed by atoms with Crippen LogP contribution in [0.25, 0.3) is 0 Å². The lowest BCUT2D eigenvalue weighted by molar-refractivity contribution is -0.138. The van der Waals surface area contributed by atoms with Crippen LogP contribution in [-0.4, -0.2) is 11.1 Å². The van der Waals surface area contributed by atoms with Gasteiger partial charge in [0.25, 0.3) is 0 Å². The standard InChI is InChI=1S/C14H9BrCl3NO2/c15-9-6-8(2-4-10(9)16)19-13(14(20)21)7-1-3-11(17)12(18)5-7/h1-6,13,19H,(H,20,21). The van der Waals surface area contributed by atoms with Gasteiger partial charge in [-0.2, -0.15) is 0 Å². The maximum atomic E-state index is 11.5. The van der Waals surface area contributed by atoms with Gasteiger partial charge in [-0.25, -0.2) is 4.79 Å². The molecule has 1 atom stereocenters. The van der Waals surface area contributed by atoms with Crippen LogP contribution in [0.5, 0.6) is 0 Å². The Morgan fingerprint density at radius 2 is 1.71 bits per heavy atom. The van der Waals surface area contributed by atoms with E-state index in [-0.39, 0.29) is 0 Å². The topological polar surface area (TPSA) is 49.3 Å². The van der Waals surface area contributed by atoms with Crippen LogP contribution < -0.4 is 5.32 Å². The summed E-state index contributed by atoms with van der Waals surface area (Å²) in [5.74, 6) is -1.03. The molecule has 0 aliphatic heterocycles. The Bertz CT molecular complexity index is 694. The van der Waals surface area contributed by atoms with Gasteiger partial charge in [-0.1, -0.05) is 40.9 Å². The minimum absolute atomic E-state index is 0.305. The van der Waals surface area contributed by atoms with Crippen LogP contribution in [0.1, 0.15) is 11.6 Å². The Hall–Kier alpha value is -0.940. The molecule has 1 unspecified atom stereocenters. The molecule has 0 saturated heterocycles. The number of hydrogen-bond donors (Lipinski definition) is 2. The lowest BCUT2D eigenvalue weighted by Gasteiger charge is -2.17. The second-order valence-corrected chi connectivity index (χ2v) is 6.29. The summed E-state index contributed by atoms with van der Waals surface area (Å²) in [7, 11) is 0. The SMILES string of the molecule is O=C(O)C(Nc1ccc(Cl)c(Br)c1)c1ccc(Cl)c(Cl)c1. The van der Waals surface area contributed by atoms with Crippen molar-refractivity contribution in [2.45, 2.75) is 6.04 Å². The van der Waals surface area contributed by atoms with E-state index in [1.807, 2.05) is 0 Å². The van der Waals surface area contributed by atoms with Crippen LogP contribution in [0.2, 0.25) is 15.1 Å². The number of carbonyl (C=O) groups is 1. The van der Waals surface area contributed by atoms with Gasteiger partial charge in [-0.15, -0.1) is 0 Å². The third-order valence-electron chi connectivity index (χ3n) is 2.75. The summed E-state index contributed by atoms with van der Waals surface area (Å²) in [6.45, 7) is 0. The lowest BCUT2D eigenvalue weighted by atomic mass is 10.1. The van der Waals surface area contributed by atoms with E-state index in [0.717, 1.165) is 0 Å². The second kappa shape index (κ2) is 6.88. The number of halogens is 4. The number of hydrogen-bond acceptors (Lipinski definition) is 2. The highest BCUT2D eigenvalue weighted by Crippen LogP contribution is 2.30. The van der Waals surface area contributed by atoms with E-state index in [4.69, 9.17) is 34.8 Å². The van der Waals surface area contributed by atoms with Crippen LogP contribution in [0.4, 0.5) is 5.69 Å². The van der Waals surface area contributed by atoms with E-state index in [1.54, 1.807) is 30.3 Å². The molecule has 0 aliphatic carbocycles. The van der Waals surface area contributed by atoms with Gasteiger partial charge in [0, 0.05) is 10.2 Å². The molecule has 2 aromatic carbocycles. The first-order chi connectivity index (χ1) is 9.88. The van der Waals surface area contributed by atoms with Crippen LogP contribution in [0.3, 0.4) is 0 Å². The van der Waals surface area contributed by atoms with Gasteiger partial charge < -0.3 is 10.4 Å². The van der Waals surface area contributed by atoms with E-state index < -0.39 is 12.0 Å². The van der Waals surface area contributed by atoms with Crippen molar-refractivity contribution >= 4 is 62.4 Å². The highest BCUT2D eigenvalue weighted by atomic mass is 79.9. The number of carboxylic acids is 1. The van der Waals surface area contributed by atoms with Gasteiger partial charge in [-0.3, -0.25) is 0 Å². The maximum absolute atomic E-state index is 11.5. The van der Waals surface area contributed by atoms with E-state index in [1.165, 1.54) is 6.07 Å². The fourth-order valence-corrected chi connectivity index (χ4v) is 2.54. The third kappa shape index (κ3) is 4.04. The number of anilines is 1. The fraction of sp³-hybridized carbons (Fsp3) is 0.0714. The molecular weight excluding hydrogens is 400 g/mol. The number of benzene rings is 2. The summed E-state index contributed by atoms with van der Waals surface area (Å²) in [6.07, 6.45) is 0. The van der Waals surface area contributed by atoms with Gasteiger partial charge in [0.15, 0.2) is 6.04 Å². The second-order valence-electron chi connectivity index (χ2n) is 4.22. The highest BCUT2D eigenvalue weighted by molar-refractivity contribution is 9.10. The highest BCUT2D eigenvalue weighted by Gasteiger charge is 2.20. The van der Waals surface area contributed by atoms with Gasteiger partial charge in [0.1, 0.15) is 0 Å². The quantitative estimate of drug-likeness (QED) is 0.686. The zero-order valence-electron chi connectivity index (χ0n) is 10.4. The van der Waals surface area contributed by atoms with Crippen molar-refractivity contribution in [2.75, 3.05) is 5.32 Å². The summed E-state index contributed by atoms with van der Waals surface area (Å²) in [6, 6.07) is 8.83. The molecule has 2 rings (SSSR count). The molecule has 110 valence electrons. The molecule has 2 aromatic rings. The molecule has 0 radical (unpaired) electrons. The van der Waals surface area contributed by atoms with Crippen molar-refractivity contribution in [3.05, 3.63) is 61.5 Å². The number of carboxylic acid groups (broad SMARTS) is 1. The molecule has 7 heteroatoms. The smallest absolute Gasteiger partial charge is 0.330 e. The Morgan fingerprint density at radius 1 is 1.05 bits per heavy atom. The monoisotopic (exact) mass is 407 g/mol. The predicted octanol–water partition coefficient (Wildman–Crippen LogP) is 5.65. The van der Waals surface area contributed by atoms with E-state index in [2.05, 4.69) is 21.2 Å². The molecule has 3 nitrogen and oxygen atoms in total.